The van der Waals surface area contributed by atoms with Gasteiger partial charge in [0.15, 0.2) is 11.5 Å². The molecule has 188 valence electrons. The fraction of sp³-hybridized carbons (Fsp3) is 0.704. The predicted octanol–water partition coefficient (Wildman–Crippen LogP) is 4.11. The molecule has 2 unspecified atom stereocenters. The summed E-state index contributed by atoms with van der Waals surface area (Å²) in [4.78, 5) is 25.1. The van der Waals surface area contributed by atoms with Crippen molar-refractivity contribution in [2.24, 2.45) is 11.8 Å². The molecule has 4 rings (SSSR count). The summed E-state index contributed by atoms with van der Waals surface area (Å²) in [7, 11) is 0. The second kappa shape index (κ2) is 12.5. The van der Waals surface area contributed by atoms with Crippen molar-refractivity contribution in [3.05, 3.63) is 23.8 Å². The molecule has 1 aliphatic carbocycles. The molecule has 1 aromatic carbocycles. The van der Waals surface area contributed by atoms with Gasteiger partial charge in [-0.25, -0.2) is 0 Å². The van der Waals surface area contributed by atoms with Crippen LogP contribution in [0.2, 0.25) is 0 Å². The summed E-state index contributed by atoms with van der Waals surface area (Å²) in [6.07, 6.45) is 8.62. The molecule has 2 heterocycles. The first kappa shape index (κ1) is 25.0. The van der Waals surface area contributed by atoms with E-state index >= 15 is 0 Å². The number of aliphatic hydroxyl groups is 1. The van der Waals surface area contributed by atoms with Gasteiger partial charge >= 0.3 is 0 Å². The molecule has 7 nitrogen and oxygen atoms in total. The molecular weight excluding hydrogens is 434 g/mol. The summed E-state index contributed by atoms with van der Waals surface area (Å²) in [5.74, 6) is 2.22. The number of aliphatic hydroxyl groups excluding tert-OH is 1. The molecule has 7 heteroatoms. The van der Waals surface area contributed by atoms with Crippen molar-refractivity contribution < 1.29 is 28.9 Å². The van der Waals surface area contributed by atoms with Gasteiger partial charge in [0.1, 0.15) is 19.0 Å². The summed E-state index contributed by atoms with van der Waals surface area (Å²) in [5.41, 5.74) is 0.731. The van der Waals surface area contributed by atoms with Crippen LogP contribution >= 0.6 is 0 Å². The lowest BCUT2D eigenvalue weighted by atomic mass is 9.91. The van der Waals surface area contributed by atoms with E-state index in [-0.39, 0.29) is 17.9 Å². The van der Waals surface area contributed by atoms with E-state index in [1.54, 1.807) is 0 Å². The summed E-state index contributed by atoms with van der Waals surface area (Å²) >= 11 is 0. The number of hydrogen-bond acceptors (Lipinski definition) is 6. The van der Waals surface area contributed by atoms with Gasteiger partial charge in [0.2, 0.25) is 5.91 Å². The number of fused-ring (bicyclic) bond motifs is 1. The average Bonchev–Trinajstić information content (AvgIpc) is 3.39. The van der Waals surface area contributed by atoms with Gasteiger partial charge in [-0.2, -0.15) is 0 Å². The normalized spacial score (nSPS) is 20.6. The molecule has 0 radical (unpaired) electrons. The Morgan fingerprint density at radius 2 is 1.65 bits per heavy atom. The maximum Gasteiger partial charge on any atom is 0.220 e. The molecule has 0 bridgehead atoms. The second-order valence-corrected chi connectivity index (χ2v) is 9.97. The van der Waals surface area contributed by atoms with Gasteiger partial charge in [0.05, 0.1) is 12.1 Å². The zero-order valence-electron chi connectivity index (χ0n) is 20.1. The number of carbonyl (C=O) groups excluding carboxylic acids is 2. The molecule has 2 aliphatic heterocycles. The lowest BCUT2D eigenvalue weighted by Gasteiger charge is -2.28. The van der Waals surface area contributed by atoms with Gasteiger partial charge in [-0.05, 0) is 55.7 Å². The van der Waals surface area contributed by atoms with Crippen molar-refractivity contribution in [1.29, 1.82) is 0 Å². The van der Waals surface area contributed by atoms with Gasteiger partial charge in [-0.3, -0.25) is 9.59 Å². The molecule has 0 aromatic heterocycles. The maximum atomic E-state index is 12.8. The van der Waals surface area contributed by atoms with Crippen molar-refractivity contribution in [3.8, 4) is 11.5 Å². The number of nitrogens with one attached hydrogen (secondary N) is 1. The van der Waals surface area contributed by atoms with Gasteiger partial charge in [-0.1, -0.05) is 31.7 Å². The van der Waals surface area contributed by atoms with E-state index in [2.05, 4.69) is 5.32 Å². The molecule has 2 atom stereocenters. The van der Waals surface area contributed by atoms with Crippen LogP contribution < -0.4 is 14.8 Å². The summed E-state index contributed by atoms with van der Waals surface area (Å²) in [6, 6.07) is 5.17. The zero-order chi connectivity index (χ0) is 23.8. The first-order valence-corrected chi connectivity index (χ1v) is 13.1. The van der Waals surface area contributed by atoms with E-state index in [1.807, 2.05) is 18.2 Å². The fourth-order valence-corrected chi connectivity index (χ4v) is 5.44. The molecule has 1 amide bonds. The standard InChI is InChI=1S/C27H39NO6/c29-23(20-11-13-32-14-12-20)7-3-4-8-26(30)28-22(17-19-5-1-2-6-19)27(31)21-9-10-24-25(18-21)34-16-15-33-24/h9-10,18-20,22,27,31H,1-8,11-17H2,(H,28,30). The van der Waals surface area contributed by atoms with E-state index < -0.39 is 6.10 Å². The Labute approximate surface area is 202 Å². The number of rotatable bonds is 11. The summed E-state index contributed by atoms with van der Waals surface area (Å²) in [5, 5.41) is 14.3. The Morgan fingerprint density at radius 3 is 2.41 bits per heavy atom. The molecule has 34 heavy (non-hydrogen) atoms. The molecule has 2 N–H and O–H groups in total. The van der Waals surface area contributed by atoms with E-state index in [0.29, 0.717) is 68.9 Å². The van der Waals surface area contributed by atoms with E-state index in [0.717, 1.165) is 44.1 Å². The monoisotopic (exact) mass is 473 g/mol. The van der Waals surface area contributed by atoms with Crippen LogP contribution in [0.5, 0.6) is 11.5 Å². The highest BCUT2D eigenvalue weighted by Crippen LogP contribution is 2.36. The number of amides is 1. The highest BCUT2D eigenvalue weighted by molar-refractivity contribution is 5.81. The van der Waals surface area contributed by atoms with Crippen LogP contribution in [0.4, 0.5) is 0 Å². The van der Waals surface area contributed by atoms with Crippen LogP contribution in [0.3, 0.4) is 0 Å². The van der Waals surface area contributed by atoms with Crippen LogP contribution in [0.25, 0.3) is 0 Å². The number of ketones is 1. The number of ether oxygens (including phenoxy) is 3. The third kappa shape index (κ3) is 6.95. The molecular formula is C27H39NO6. The Morgan fingerprint density at radius 1 is 0.941 bits per heavy atom. The largest absolute Gasteiger partial charge is 0.486 e. The van der Waals surface area contributed by atoms with Gasteiger partial charge < -0.3 is 24.6 Å². The van der Waals surface area contributed by atoms with Crippen LogP contribution in [-0.4, -0.2) is 49.3 Å². The fourth-order valence-electron chi connectivity index (χ4n) is 5.44. The van der Waals surface area contributed by atoms with Crippen LogP contribution in [0.1, 0.15) is 82.3 Å². The minimum Gasteiger partial charge on any atom is -0.486 e. The maximum absolute atomic E-state index is 12.8. The molecule has 2 fully saturated rings. The molecule has 1 saturated carbocycles. The highest BCUT2D eigenvalue weighted by Gasteiger charge is 2.29. The molecule has 0 spiro atoms. The first-order valence-electron chi connectivity index (χ1n) is 13.1. The van der Waals surface area contributed by atoms with Crippen LogP contribution in [0.15, 0.2) is 18.2 Å². The van der Waals surface area contributed by atoms with Gasteiger partial charge in [0.25, 0.3) is 0 Å². The third-order valence-electron chi connectivity index (χ3n) is 7.45. The van der Waals surface area contributed by atoms with Crippen molar-refractivity contribution in [2.75, 3.05) is 26.4 Å². The average molecular weight is 474 g/mol. The van der Waals surface area contributed by atoms with Gasteiger partial charge in [0, 0.05) is 32.0 Å². The molecule has 3 aliphatic rings. The Bertz CT molecular complexity index is 815. The first-order chi connectivity index (χ1) is 16.6. The van der Waals surface area contributed by atoms with Crippen LogP contribution in [-0.2, 0) is 14.3 Å². The topological polar surface area (TPSA) is 94.1 Å². The van der Waals surface area contributed by atoms with Crippen molar-refractivity contribution in [1.82, 2.24) is 5.32 Å². The summed E-state index contributed by atoms with van der Waals surface area (Å²) in [6.45, 7) is 2.36. The Hall–Kier alpha value is -2.12. The summed E-state index contributed by atoms with van der Waals surface area (Å²) < 4.78 is 16.6. The number of carbonyl (C=O) groups is 2. The van der Waals surface area contributed by atoms with E-state index in [1.165, 1.54) is 12.8 Å². The highest BCUT2D eigenvalue weighted by atomic mass is 16.6. The quantitative estimate of drug-likeness (QED) is 0.470. The lowest BCUT2D eigenvalue weighted by Crippen LogP contribution is -2.40. The van der Waals surface area contributed by atoms with Gasteiger partial charge in [-0.15, -0.1) is 0 Å². The zero-order valence-corrected chi connectivity index (χ0v) is 20.1. The molecule has 1 saturated heterocycles. The minimum absolute atomic E-state index is 0.0573. The minimum atomic E-state index is -0.810. The van der Waals surface area contributed by atoms with Crippen LogP contribution in [0, 0.1) is 11.8 Å². The smallest absolute Gasteiger partial charge is 0.220 e. The van der Waals surface area contributed by atoms with E-state index in [4.69, 9.17) is 14.2 Å². The number of hydrogen-bond donors (Lipinski definition) is 2. The predicted molar refractivity (Wildman–Crippen MR) is 128 cm³/mol. The number of Topliss-reactive ketones (excluding diaryl/α,β-unsaturated/α-hetero) is 1. The Balaban J connectivity index is 1.29. The lowest BCUT2D eigenvalue weighted by molar-refractivity contribution is -0.126. The van der Waals surface area contributed by atoms with Crippen molar-refractivity contribution >= 4 is 11.7 Å². The number of benzene rings is 1. The van der Waals surface area contributed by atoms with Crippen molar-refractivity contribution in [3.63, 3.8) is 0 Å². The molecule has 1 aromatic rings. The Kier molecular flexibility index (Phi) is 9.22. The SMILES string of the molecule is O=C(CCCCC(=O)C1CCOCC1)NC(CC1CCCC1)C(O)c1ccc2c(c1)OCCO2. The third-order valence-corrected chi connectivity index (χ3v) is 7.45. The van der Waals surface area contributed by atoms with E-state index in [9.17, 15) is 14.7 Å². The van der Waals surface area contributed by atoms with Crippen molar-refractivity contribution in [2.45, 2.75) is 82.8 Å². The number of unbranched alkanes of at least 4 members (excludes halogenated alkanes) is 1. The second-order valence-electron chi connectivity index (χ2n) is 9.97.